The van der Waals surface area contributed by atoms with Gasteiger partial charge in [0.25, 0.3) is 0 Å². The second-order valence-electron chi connectivity index (χ2n) is 7.50. The van der Waals surface area contributed by atoms with Gasteiger partial charge in [0.1, 0.15) is 18.5 Å². The Labute approximate surface area is 201 Å². The van der Waals surface area contributed by atoms with Crippen molar-refractivity contribution in [2.24, 2.45) is 14.1 Å². The highest BCUT2D eigenvalue weighted by Gasteiger charge is 2.13. The van der Waals surface area contributed by atoms with Crippen molar-refractivity contribution in [1.29, 1.82) is 0 Å². The zero-order valence-electron chi connectivity index (χ0n) is 18.8. The molecule has 0 aliphatic rings. The van der Waals surface area contributed by atoms with Gasteiger partial charge < -0.3 is 20.5 Å². The number of hydrogen-bond acceptors (Lipinski definition) is 5. The quantitative estimate of drug-likeness (QED) is 0.364. The number of rotatable bonds is 11. The van der Waals surface area contributed by atoms with Crippen LogP contribution >= 0.6 is 24.8 Å². The van der Waals surface area contributed by atoms with E-state index in [0.717, 1.165) is 54.9 Å². The predicted octanol–water partition coefficient (Wildman–Crippen LogP) is 2.92. The van der Waals surface area contributed by atoms with E-state index in [1.807, 2.05) is 42.5 Å². The highest BCUT2D eigenvalue weighted by Crippen LogP contribution is 2.21. The van der Waals surface area contributed by atoms with Crippen molar-refractivity contribution in [3.05, 3.63) is 64.1 Å². The second-order valence-corrected chi connectivity index (χ2v) is 7.50. The van der Waals surface area contributed by atoms with Gasteiger partial charge in [0.15, 0.2) is 0 Å². The van der Waals surface area contributed by atoms with Gasteiger partial charge in [-0.15, -0.1) is 24.8 Å². The number of aliphatic hydroxyl groups is 1. The van der Waals surface area contributed by atoms with Crippen molar-refractivity contribution < 1.29 is 9.84 Å². The van der Waals surface area contributed by atoms with Crippen LogP contribution in [0.25, 0.3) is 11.0 Å². The number of ether oxygens (including phenoxy) is 1. The summed E-state index contributed by atoms with van der Waals surface area (Å²) in [6.07, 6.45) is 0.332. The summed E-state index contributed by atoms with van der Waals surface area (Å²) in [6.45, 7) is 6.11. The lowest BCUT2D eigenvalue weighted by molar-refractivity contribution is 0.108. The normalized spacial score (nSPS) is 11.6. The summed E-state index contributed by atoms with van der Waals surface area (Å²) < 4.78 is 8.95. The Bertz CT molecular complexity index is 1020. The third kappa shape index (κ3) is 6.98. The van der Waals surface area contributed by atoms with E-state index in [1.54, 1.807) is 23.2 Å². The molecule has 2 aromatic carbocycles. The van der Waals surface area contributed by atoms with Gasteiger partial charge in [-0.1, -0.05) is 25.1 Å². The van der Waals surface area contributed by atoms with Crippen LogP contribution in [0.3, 0.4) is 0 Å². The Morgan fingerprint density at radius 1 is 0.969 bits per heavy atom. The predicted molar refractivity (Wildman–Crippen MR) is 134 cm³/mol. The molecule has 9 heteroatoms. The Balaban J connectivity index is 0.00000256. The number of hydrogen-bond donors (Lipinski definition) is 3. The highest BCUT2D eigenvalue weighted by molar-refractivity contribution is 5.85. The van der Waals surface area contributed by atoms with Crippen molar-refractivity contribution in [2.45, 2.75) is 26.0 Å². The van der Waals surface area contributed by atoms with Crippen LogP contribution in [-0.2, 0) is 20.6 Å². The Morgan fingerprint density at radius 3 is 2.31 bits per heavy atom. The molecule has 7 nitrogen and oxygen atoms in total. The summed E-state index contributed by atoms with van der Waals surface area (Å²) in [7, 11) is 3.47. The maximum Gasteiger partial charge on any atom is 0.328 e. The smallest absolute Gasteiger partial charge is 0.328 e. The maximum atomic E-state index is 12.1. The van der Waals surface area contributed by atoms with Crippen LogP contribution in [-0.4, -0.2) is 40.5 Å². The maximum absolute atomic E-state index is 12.1. The minimum absolute atomic E-state index is 0. The summed E-state index contributed by atoms with van der Waals surface area (Å²) in [5.74, 6) is 0.720. The number of imidazole rings is 1. The van der Waals surface area contributed by atoms with E-state index in [0.29, 0.717) is 0 Å². The van der Waals surface area contributed by atoms with E-state index in [-0.39, 0.29) is 37.1 Å². The first-order valence-electron chi connectivity index (χ1n) is 10.5. The molecule has 0 radical (unpaired) electrons. The Morgan fingerprint density at radius 2 is 1.62 bits per heavy atom. The number of nitrogens with one attached hydrogen (secondary N) is 2. The Kier molecular flexibility index (Phi) is 11.8. The molecule has 1 aromatic heterocycles. The average molecular weight is 485 g/mol. The first kappa shape index (κ1) is 28.0. The van der Waals surface area contributed by atoms with Crippen molar-refractivity contribution in [1.82, 2.24) is 19.8 Å². The molecule has 1 unspecified atom stereocenters. The van der Waals surface area contributed by atoms with E-state index >= 15 is 0 Å². The number of nitrogens with zero attached hydrogens (tertiary/aromatic N) is 2. The van der Waals surface area contributed by atoms with E-state index < -0.39 is 6.10 Å². The molecule has 0 fully saturated rings. The molecule has 1 atom stereocenters. The van der Waals surface area contributed by atoms with Crippen LogP contribution in [0.1, 0.15) is 30.6 Å². The summed E-state index contributed by atoms with van der Waals surface area (Å²) in [5, 5.41) is 17.3. The number of aromatic nitrogens is 2. The molecule has 0 amide bonds. The van der Waals surface area contributed by atoms with Crippen LogP contribution in [0.5, 0.6) is 5.75 Å². The van der Waals surface area contributed by atoms with Crippen molar-refractivity contribution in [2.75, 3.05) is 26.2 Å². The number of fused-ring (bicyclic) bond motifs is 1. The molecule has 0 aliphatic heterocycles. The monoisotopic (exact) mass is 484 g/mol. The van der Waals surface area contributed by atoms with Crippen molar-refractivity contribution in [3.8, 4) is 5.75 Å². The van der Waals surface area contributed by atoms with E-state index in [2.05, 4.69) is 17.6 Å². The number of aryl methyl sites for hydroxylation is 2. The third-order valence-electron chi connectivity index (χ3n) is 5.30. The van der Waals surface area contributed by atoms with Gasteiger partial charge in [-0.05, 0) is 61.4 Å². The van der Waals surface area contributed by atoms with Crippen LogP contribution in [0.4, 0.5) is 0 Å². The molecule has 0 aliphatic carbocycles. The van der Waals surface area contributed by atoms with Crippen LogP contribution in [0.15, 0.2) is 47.3 Å². The topological polar surface area (TPSA) is 80.4 Å². The van der Waals surface area contributed by atoms with Gasteiger partial charge in [0.2, 0.25) is 0 Å². The van der Waals surface area contributed by atoms with Crippen molar-refractivity contribution >= 4 is 35.8 Å². The molecule has 0 spiro atoms. The fraction of sp³-hybridized carbons (Fsp3) is 0.435. The van der Waals surface area contributed by atoms with E-state index in [9.17, 15) is 9.90 Å². The average Bonchev–Trinajstić information content (AvgIpc) is 2.99. The molecule has 0 saturated carbocycles. The first-order chi connectivity index (χ1) is 14.5. The highest BCUT2D eigenvalue weighted by atomic mass is 35.5. The lowest BCUT2D eigenvalue weighted by Crippen LogP contribution is -2.21. The lowest BCUT2D eigenvalue weighted by atomic mass is 10.1. The van der Waals surface area contributed by atoms with Crippen molar-refractivity contribution in [3.63, 3.8) is 0 Å². The summed E-state index contributed by atoms with van der Waals surface area (Å²) >= 11 is 0. The largest absolute Gasteiger partial charge is 0.491 e. The van der Waals surface area contributed by atoms with Gasteiger partial charge >= 0.3 is 5.69 Å². The van der Waals surface area contributed by atoms with Gasteiger partial charge in [-0.3, -0.25) is 9.13 Å². The van der Waals surface area contributed by atoms with Crippen LogP contribution in [0.2, 0.25) is 0 Å². The second kappa shape index (κ2) is 13.5. The Hall–Kier alpha value is -2.03. The zero-order valence-corrected chi connectivity index (χ0v) is 20.5. The molecule has 3 N–H and O–H groups in total. The molecule has 0 bridgehead atoms. The van der Waals surface area contributed by atoms with Gasteiger partial charge in [-0.25, -0.2) is 4.79 Å². The summed E-state index contributed by atoms with van der Waals surface area (Å²) in [6, 6.07) is 13.4. The molecule has 0 saturated heterocycles. The van der Waals surface area contributed by atoms with Gasteiger partial charge in [-0.2, -0.15) is 0 Å². The van der Waals surface area contributed by atoms with Crippen LogP contribution in [0, 0.1) is 0 Å². The molecule has 1 heterocycles. The molecule has 32 heavy (non-hydrogen) atoms. The zero-order chi connectivity index (χ0) is 21.5. The number of halogens is 2. The molecule has 178 valence electrons. The summed E-state index contributed by atoms with van der Waals surface area (Å²) in [4.78, 5) is 12.1. The molecular weight excluding hydrogens is 451 g/mol. The standard InChI is InChI=1S/C23H32N4O3.2ClH/c1-4-24-12-5-13-25-15-17-6-9-19(10-7-17)30-16-22(28)18-8-11-20-21(14-18)27(3)23(29)26(20)2;;/h6-11,14,22,24-25,28H,4-5,12-13,15-16H2,1-3H3;2*1H. The number of benzene rings is 2. The fourth-order valence-electron chi connectivity index (χ4n) is 3.45. The van der Waals surface area contributed by atoms with E-state index in [4.69, 9.17) is 4.74 Å². The minimum atomic E-state index is -0.775. The number of aliphatic hydroxyl groups excluding tert-OH is 1. The van der Waals surface area contributed by atoms with Crippen LogP contribution < -0.4 is 21.1 Å². The van der Waals surface area contributed by atoms with Gasteiger partial charge in [0.05, 0.1) is 11.0 Å². The SMILES string of the molecule is CCNCCCNCc1ccc(OCC(O)c2ccc3c(c2)n(C)c(=O)n3C)cc1.Cl.Cl. The molecular formula is C23H34Cl2N4O3. The fourth-order valence-corrected chi connectivity index (χ4v) is 3.45. The lowest BCUT2D eigenvalue weighted by Gasteiger charge is -2.14. The van der Waals surface area contributed by atoms with E-state index in [1.165, 1.54) is 5.56 Å². The molecule has 3 aromatic rings. The first-order valence-corrected chi connectivity index (χ1v) is 10.5. The third-order valence-corrected chi connectivity index (χ3v) is 5.30. The van der Waals surface area contributed by atoms with Gasteiger partial charge in [0, 0.05) is 20.6 Å². The summed E-state index contributed by atoms with van der Waals surface area (Å²) in [5.41, 5.74) is 3.47. The molecule has 3 rings (SSSR count). The minimum Gasteiger partial charge on any atom is -0.491 e.